The highest BCUT2D eigenvalue weighted by molar-refractivity contribution is 5.96. The smallest absolute Gasteiger partial charge is 0.347 e. The van der Waals surface area contributed by atoms with Crippen LogP contribution in [0, 0.1) is 0 Å². The van der Waals surface area contributed by atoms with Crippen molar-refractivity contribution >= 4 is 5.97 Å². The van der Waals surface area contributed by atoms with E-state index in [-0.39, 0.29) is 12.6 Å². The molecular weight excluding hydrogens is 402 g/mol. The molecule has 2 heterocycles. The minimum absolute atomic E-state index is 0.193. The van der Waals surface area contributed by atoms with E-state index in [0.717, 1.165) is 53.8 Å². The molecule has 32 heavy (non-hydrogen) atoms. The van der Waals surface area contributed by atoms with Crippen molar-refractivity contribution in [2.75, 3.05) is 26.7 Å². The first-order valence-electron chi connectivity index (χ1n) is 11.2. The van der Waals surface area contributed by atoms with Crippen LogP contribution in [-0.2, 0) is 21.6 Å². The second kappa shape index (κ2) is 8.11. The number of aromatic nitrogens is 2. The molecule has 164 valence electrons. The van der Waals surface area contributed by atoms with Crippen molar-refractivity contribution < 1.29 is 19.1 Å². The van der Waals surface area contributed by atoms with Gasteiger partial charge in [0.2, 0.25) is 5.60 Å². The number of esters is 1. The summed E-state index contributed by atoms with van der Waals surface area (Å²) in [4.78, 5) is 22.0. The predicted octanol–water partition coefficient (Wildman–Crippen LogP) is 3.09. The van der Waals surface area contributed by atoms with E-state index in [1.165, 1.54) is 0 Å². The predicted molar refractivity (Wildman–Crippen MR) is 121 cm³/mol. The van der Waals surface area contributed by atoms with Crippen LogP contribution in [0.4, 0.5) is 0 Å². The Morgan fingerprint density at radius 3 is 2.34 bits per heavy atom. The lowest BCUT2D eigenvalue weighted by molar-refractivity contribution is -0.921. The fourth-order valence-corrected chi connectivity index (χ4v) is 5.26. The minimum Gasteiger partial charge on any atom is -0.457 e. The zero-order chi connectivity index (χ0) is 22.2. The van der Waals surface area contributed by atoms with Gasteiger partial charge in [-0.2, -0.15) is 0 Å². The molecule has 1 unspecified atom stereocenters. The van der Waals surface area contributed by atoms with Gasteiger partial charge >= 0.3 is 5.97 Å². The van der Waals surface area contributed by atoms with E-state index in [1.54, 1.807) is 12.4 Å². The maximum absolute atomic E-state index is 13.3. The molecule has 5 rings (SSSR count). The molecule has 2 aliphatic rings. The third kappa shape index (κ3) is 3.40. The fourth-order valence-electron chi connectivity index (χ4n) is 5.26. The van der Waals surface area contributed by atoms with Gasteiger partial charge in [-0.05, 0) is 17.2 Å². The van der Waals surface area contributed by atoms with Crippen LogP contribution in [0.2, 0.25) is 0 Å². The second-order valence-electron chi connectivity index (χ2n) is 9.04. The largest absolute Gasteiger partial charge is 0.457 e. The molecule has 1 saturated heterocycles. The topological polar surface area (TPSA) is 72.3 Å². The van der Waals surface area contributed by atoms with Crippen LogP contribution in [0.3, 0.4) is 0 Å². The Balaban J connectivity index is 1.32. The molecule has 0 amide bonds. The number of carbonyl (C=O) groups is 1. The van der Waals surface area contributed by atoms with Gasteiger partial charge in [0, 0.05) is 36.4 Å². The van der Waals surface area contributed by atoms with Gasteiger partial charge < -0.3 is 14.3 Å². The Morgan fingerprint density at radius 2 is 1.69 bits per heavy atom. The van der Waals surface area contributed by atoms with E-state index in [9.17, 15) is 9.90 Å². The van der Waals surface area contributed by atoms with Gasteiger partial charge in [-0.25, -0.2) is 14.8 Å². The van der Waals surface area contributed by atoms with Gasteiger partial charge in [0.15, 0.2) is 0 Å². The van der Waals surface area contributed by atoms with Crippen molar-refractivity contribution in [3.8, 4) is 11.1 Å². The van der Waals surface area contributed by atoms with Crippen LogP contribution in [0.25, 0.3) is 11.1 Å². The standard InChI is InChI=1S/C26H28N3O3/c1-29(17-13-24-27-14-7-15-28-24)16-6-8-19(29)18-32-25(30)26(31)22-11-4-2-9-20(22)21-10-3-5-12-23(21)26/h2-5,7,9-12,14-15,19,31H,6,8,13,16-18H2,1H3/q+1/t19-,29?/m1/s1. The van der Waals surface area contributed by atoms with E-state index in [4.69, 9.17) is 4.74 Å². The van der Waals surface area contributed by atoms with Gasteiger partial charge in [0.1, 0.15) is 18.5 Å². The Labute approximate surface area is 188 Å². The molecule has 2 aromatic carbocycles. The van der Waals surface area contributed by atoms with Gasteiger partial charge in [-0.15, -0.1) is 0 Å². The number of aliphatic hydroxyl groups is 1. The van der Waals surface area contributed by atoms with Gasteiger partial charge in [0.05, 0.1) is 26.6 Å². The molecule has 3 aromatic rings. The summed E-state index contributed by atoms with van der Waals surface area (Å²) in [7, 11) is 2.21. The van der Waals surface area contributed by atoms with Crippen LogP contribution in [0.1, 0.15) is 29.8 Å². The average Bonchev–Trinajstić information content (AvgIpc) is 3.33. The van der Waals surface area contributed by atoms with E-state index in [2.05, 4.69) is 17.0 Å². The Morgan fingerprint density at radius 1 is 1.06 bits per heavy atom. The third-order valence-corrected chi connectivity index (χ3v) is 7.18. The van der Waals surface area contributed by atoms with Crippen molar-refractivity contribution in [2.45, 2.75) is 30.9 Å². The molecule has 0 saturated carbocycles. The van der Waals surface area contributed by atoms with Crippen molar-refractivity contribution in [3.05, 3.63) is 83.9 Å². The van der Waals surface area contributed by atoms with Crippen LogP contribution >= 0.6 is 0 Å². The van der Waals surface area contributed by atoms with Gasteiger partial charge in [-0.1, -0.05) is 48.5 Å². The lowest BCUT2D eigenvalue weighted by Crippen LogP contribution is -2.52. The summed E-state index contributed by atoms with van der Waals surface area (Å²) in [6.07, 6.45) is 6.40. The maximum Gasteiger partial charge on any atom is 0.347 e. The number of likely N-dealkylation sites (tertiary alicyclic amines) is 1. The second-order valence-corrected chi connectivity index (χ2v) is 9.04. The zero-order valence-electron chi connectivity index (χ0n) is 18.3. The monoisotopic (exact) mass is 430 g/mol. The van der Waals surface area contributed by atoms with Gasteiger partial charge in [0.25, 0.3) is 0 Å². The van der Waals surface area contributed by atoms with Crippen molar-refractivity contribution in [1.29, 1.82) is 0 Å². The Bertz CT molecular complexity index is 1090. The van der Waals surface area contributed by atoms with Crippen molar-refractivity contribution in [2.24, 2.45) is 0 Å². The average molecular weight is 431 g/mol. The highest BCUT2D eigenvalue weighted by Crippen LogP contribution is 2.48. The zero-order valence-corrected chi connectivity index (χ0v) is 18.3. The van der Waals surface area contributed by atoms with E-state index >= 15 is 0 Å². The summed E-state index contributed by atoms with van der Waals surface area (Å²) in [6.45, 7) is 2.21. The first-order valence-corrected chi connectivity index (χ1v) is 11.2. The van der Waals surface area contributed by atoms with Gasteiger partial charge in [-0.3, -0.25) is 0 Å². The maximum atomic E-state index is 13.3. The first-order chi connectivity index (χ1) is 15.5. The molecule has 2 atom stereocenters. The third-order valence-electron chi connectivity index (χ3n) is 7.18. The molecule has 0 radical (unpaired) electrons. The van der Waals surface area contributed by atoms with Crippen molar-refractivity contribution in [1.82, 2.24) is 9.97 Å². The van der Waals surface area contributed by atoms with E-state index in [1.807, 2.05) is 54.6 Å². The molecule has 0 spiro atoms. The highest BCUT2D eigenvalue weighted by Gasteiger charge is 2.50. The normalized spacial score (nSPS) is 22.9. The Hall–Kier alpha value is -3.09. The molecule has 6 nitrogen and oxygen atoms in total. The van der Waals surface area contributed by atoms with Crippen LogP contribution in [0.5, 0.6) is 0 Å². The summed E-state index contributed by atoms with van der Waals surface area (Å²) in [5.41, 5.74) is 1.18. The number of benzene rings is 2. The molecule has 1 N–H and O–H groups in total. The number of ether oxygens (including phenoxy) is 1. The number of fused-ring (bicyclic) bond motifs is 3. The molecule has 1 aliphatic heterocycles. The van der Waals surface area contributed by atoms with E-state index in [0.29, 0.717) is 11.1 Å². The number of likely N-dealkylation sites (N-methyl/N-ethyl adjacent to an activating group) is 1. The number of hydrogen-bond donors (Lipinski definition) is 1. The highest BCUT2D eigenvalue weighted by atomic mass is 16.6. The van der Waals surface area contributed by atoms with Crippen LogP contribution < -0.4 is 0 Å². The van der Waals surface area contributed by atoms with Crippen LogP contribution in [0.15, 0.2) is 67.0 Å². The lowest BCUT2D eigenvalue weighted by atomic mass is 9.91. The summed E-state index contributed by atoms with van der Waals surface area (Å²) >= 11 is 0. The summed E-state index contributed by atoms with van der Waals surface area (Å²) in [5, 5.41) is 11.6. The molecule has 1 aliphatic carbocycles. The number of hydrogen-bond acceptors (Lipinski definition) is 5. The molecule has 1 aromatic heterocycles. The summed E-state index contributed by atoms with van der Waals surface area (Å²) in [5.74, 6) is 0.239. The first kappa shape index (κ1) is 20.8. The fraction of sp³-hybridized carbons (Fsp3) is 0.346. The molecule has 0 bridgehead atoms. The summed E-state index contributed by atoms with van der Waals surface area (Å²) < 4.78 is 6.65. The minimum atomic E-state index is -1.77. The molecule has 1 fully saturated rings. The van der Waals surface area contributed by atoms with Crippen LogP contribution in [-0.4, -0.2) is 58.3 Å². The quantitative estimate of drug-likeness (QED) is 0.481. The molecule has 6 heteroatoms. The SMILES string of the molecule is C[N+]1(CCc2ncccn2)CCC[C@@H]1COC(=O)C1(O)c2ccccc2-c2ccccc21. The number of quaternary nitrogens is 1. The number of nitrogens with zero attached hydrogens (tertiary/aromatic N) is 3. The summed E-state index contributed by atoms with van der Waals surface area (Å²) in [6, 6.07) is 17.1. The molecular formula is C26H28N3O3+. The van der Waals surface area contributed by atoms with Crippen molar-refractivity contribution in [3.63, 3.8) is 0 Å². The lowest BCUT2D eigenvalue weighted by Gasteiger charge is -2.36. The van der Waals surface area contributed by atoms with E-state index < -0.39 is 11.6 Å². The number of rotatable bonds is 6. The number of carbonyl (C=O) groups excluding carboxylic acids is 1. The Kier molecular flexibility index (Phi) is 5.27.